The van der Waals surface area contributed by atoms with Crippen LogP contribution >= 0.6 is 0 Å². The Morgan fingerprint density at radius 1 is 1.33 bits per heavy atom. The maximum Gasteiger partial charge on any atom is 0.223 e. The Hall–Kier alpha value is -2.62. The van der Waals surface area contributed by atoms with E-state index in [2.05, 4.69) is 30.8 Å². The molecular formula is C17H20N6O. The van der Waals surface area contributed by atoms with Crippen LogP contribution in [0.2, 0.25) is 0 Å². The number of unbranched alkanes of at least 4 members (excludes halogenated alkanes) is 1. The molecule has 2 aromatic heterocycles. The van der Waals surface area contributed by atoms with Gasteiger partial charge in [-0.15, -0.1) is 0 Å². The van der Waals surface area contributed by atoms with Crippen molar-refractivity contribution in [2.75, 3.05) is 18.0 Å². The molecule has 2 fully saturated rings. The van der Waals surface area contributed by atoms with Crippen LogP contribution in [0.15, 0.2) is 18.6 Å². The smallest absolute Gasteiger partial charge is 0.223 e. The first-order valence-corrected chi connectivity index (χ1v) is 8.49. The lowest BCUT2D eigenvalue weighted by Crippen LogP contribution is -2.56. The summed E-state index contributed by atoms with van der Waals surface area (Å²) in [6.45, 7) is 1.63. The van der Waals surface area contributed by atoms with Crippen molar-refractivity contribution in [3.05, 3.63) is 18.6 Å². The van der Waals surface area contributed by atoms with E-state index in [1.165, 1.54) is 0 Å². The normalized spacial score (nSPS) is 22.8. The molecule has 1 N–H and O–H groups in total. The van der Waals surface area contributed by atoms with Crippen LogP contribution in [-0.2, 0) is 4.79 Å². The van der Waals surface area contributed by atoms with Crippen LogP contribution in [0.1, 0.15) is 32.1 Å². The highest BCUT2D eigenvalue weighted by Gasteiger charge is 2.42. The van der Waals surface area contributed by atoms with Crippen molar-refractivity contribution in [1.82, 2.24) is 19.9 Å². The van der Waals surface area contributed by atoms with Gasteiger partial charge in [-0.3, -0.25) is 4.79 Å². The lowest BCUT2D eigenvalue weighted by molar-refractivity contribution is -0.134. The molecule has 2 atom stereocenters. The average Bonchev–Trinajstić information content (AvgIpc) is 3.17. The quantitative estimate of drug-likeness (QED) is 0.867. The number of carbonyl (C=O) groups excluding carboxylic acids is 1. The number of anilines is 1. The van der Waals surface area contributed by atoms with E-state index in [0.29, 0.717) is 19.3 Å². The second kappa shape index (κ2) is 6.11. The van der Waals surface area contributed by atoms with E-state index in [0.717, 1.165) is 42.8 Å². The van der Waals surface area contributed by atoms with Crippen LogP contribution in [0.4, 0.5) is 5.82 Å². The van der Waals surface area contributed by atoms with Gasteiger partial charge in [0.15, 0.2) is 0 Å². The van der Waals surface area contributed by atoms with Crippen molar-refractivity contribution in [3.8, 4) is 6.07 Å². The molecule has 2 saturated heterocycles. The van der Waals surface area contributed by atoms with Gasteiger partial charge in [-0.05, 0) is 25.3 Å². The van der Waals surface area contributed by atoms with Crippen molar-refractivity contribution in [1.29, 1.82) is 5.26 Å². The third kappa shape index (κ3) is 2.48. The molecule has 2 bridgehead atoms. The summed E-state index contributed by atoms with van der Waals surface area (Å²) in [6.07, 6.45) is 7.16. The standard InChI is InChI=1S/C17H20N6O/c18-7-2-1-3-15(24)23-12-4-5-13(23)10-22(9-12)17-14-6-8-19-16(14)20-11-21-17/h6,8,11-13H,1-5,9-10H2,(H,19,20,21). The largest absolute Gasteiger partial charge is 0.352 e. The van der Waals surface area contributed by atoms with Gasteiger partial charge in [-0.2, -0.15) is 5.26 Å². The van der Waals surface area contributed by atoms with Crippen molar-refractivity contribution >= 4 is 22.8 Å². The van der Waals surface area contributed by atoms with Gasteiger partial charge < -0.3 is 14.8 Å². The van der Waals surface area contributed by atoms with Crippen molar-refractivity contribution in [3.63, 3.8) is 0 Å². The van der Waals surface area contributed by atoms with Crippen LogP contribution in [0.25, 0.3) is 11.0 Å². The minimum absolute atomic E-state index is 0.201. The number of aromatic nitrogens is 3. The van der Waals surface area contributed by atoms with Crippen LogP contribution in [0.3, 0.4) is 0 Å². The number of rotatable bonds is 4. The Kier molecular flexibility index (Phi) is 3.81. The van der Waals surface area contributed by atoms with E-state index in [1.54, 1.807) is 6.33 Å². The molecule has 24 heavy (non-hydrogen) atoms. The van der Waals surface area contributed by atoms with E-state index in [9.17, 15) is 4.79 Å². The summed E-state index contributed by atoms with van der Waals surface area (Å²) < 4.78 is 0. The van der Waals surface area contributed by atoms with Gasteiger partial charge in [-0.1, -0.05) is 0 Å². The number of hydrogen-bond donors (Lipinski definition) is 1. The summed E-state index contributed by atoms with van der Waals surface area (Å²) in [7, 11) is 0. The van der Waals surface area contributed by atoms with Crippen LogP contribution in [0.5, 0.6) is 0 Å². The van der Waals surface area contributed by atoms with Gasteiger partial charge in [0, 0.05) is 44.2 Å². The highest BCUT2D eigenvalue weighted by molar-refractivity contribution is 5.87. The summed E-state index contributed by atoms with van der Waals surface area (Å²) in [5.74, 6) is 1.15. The maximum absolute atomic E-state index is 12.5. The van der Waals surface area contributed by atoms with Gasteiger partial charge in [0.2, 0.25) is 5.91 Å². The zero-order valence-corrected chi connectivity index (χ0v) is 13.5. The first-order chi connectivity index (χ1) is 11.8. The molecule has 4 rings (SSSR count). The number of amides is 1. The number of piperazine rings is 1. The first-order valence-electron chi connectivity index (χ1n) is 8.49. The molecule has 2 aliphatic heterocycles. The second-order valence-corrected chi connectivity index (χ2v) is 6.54. The zero-order chi connectivity index (χ0) is 16.5. The Morgan fingerprint density at radius 3 is 2.88 bits per heavy atom. The molecule has 0 radical (unpaired) electrons. The number of carbonyl (C=O) groups is 1. The van der Waals surface area contributed by atoms with Gasteiger partial charge in [0.25, 0.3) is 0 Å². The average molecular weight is 324 g/mol. The molecule has 2 aliphatic rings. The SMILES string of the molecule is N#CCCCC(=O)N1C2CCC1CN(c1ncnc3[nH]ccc13)C2. The predicted molar refractivity (Wildman–Crippen MR) is 89.2 cm³/mol. The Morgan fingerprint density at radius 2 is 2.12 bits per heavy atom. The number of nitrogens with zero attached hydrogens (tertiary/aromatic N) is 5. The fourth-order valence-electron chi connectivity index (χ4n) is 4.04. The highest BCUT2D eigenvalue weighted by Crippen LogP contribution is 2.34. The number of aromatic amines is 1. The van der Waals surface area contributed by atoms with Crippen LogP contribution in [-0.4, -0.2) is 50.9 Å². The summed E-state index contributed by atoms with van der Waals surface area (Å²) in [5.41, 5.74) is 0.849. The molecule has 7 heteroatoms. The molecule has 0 spiro atoms. The van der Waals surface area contributed by atoms with E-state index < -0.39 is 0 Å². The van der Waals surface area contributed by atoms with Gasteiger partial charge in [0.1, 0.15) is 17.8 Å². The van der Waals surface area contributed by atoms with Crippen molar-refractivity contribution in [2.45, 2.75) is 44.2 Å². The minimum atomic E-state index is 0.201. The molecule has 0 aromatic carbocycles. The molecule has 7 nitrogen and oxygen atoms in total. The van der Waals surface area contributed by atoms with Crippen LogP contribution in [0, 0.1) is 11.3 Å². The number of H-pyrrole nitrogens is 1. The number of hydrogen-bond acceptors (Lipinski definition) is 5. The molecule has 124 valence electrons. The maximum atomic E-state index is 12.5. The lowest BCUT2D eigenvalue weighted by Gasteiger charge is -2.41. The van der Waals surface area contributed by atoms with E-state index in [1.807, 2.05) is 12.3 Å². The Balaban J connectivity index is 1.51. The van der Waals surface area contributed by atoms with E-state index in [4.69, 9.17) is 5.26 Å². The third-order valence-electron chi connectivity index (χ3n) is 5.08. The minimum Gasteiger partial charge on any atom is -0.352 e. The van der Waals surface area contributed by atoms with Crippen LogP contribution < -0.4 is 4.90 Å². The van der Waals surface area contributed by atoms with Crippen molar-refractivity contribution in [2.24, 2.45) is 0 Å². The number of nitriles is 1. The summed E-state index contributed by atoms with van der Waals surface area (Å²) in [6, 6.07) is 4.62. The molecular weight excluding hydrogens is 304 g/mol. The predicted octanol–water partition coefficient (Wildman–Crippen LogP) is 1.83. The lowest BCUT2D eigenvalue weighted by atomic mass is 10.1. The van der Waals surface area contributed by atoms with Gasteiger partial charge in [-0.25, -0.2) is 9.97 Å². The van der Waals surface area contributed by atoms with Gasteiger partial charge >= 0.3 is 0 Å². The molecule has 2 unspecified atom stereocenters. The molecule has 0 aliphatic carbocycles. The Bertz CT molecular complexity index is 780. The topological polar surface area (TPSA) is 88.9 Å². The van der Waals surface area contributed by atoms with E-state index >= 15 is 0 Å². The zero-order valence-electron chi connectivity index (χ0n) is 13.5. The highest BCUT2D eigenvalue weighted by atomic mass is 16.2. The monoisotopic (exact) mass is 324 g/mol. The third-order valence-corrected chi connectivity index (χ3v) is 5.08. The number of nitrogens with one attached hydrogen (secondary N) is 1. The molecule has 4 heterocycles. The Labute approximate surface area is 140 Å². The first kappa shape index (κ1) is 14.9. The second-order valence-electron chi connectivity index (χ2n) is 6.54. The summed E-state index contributed by atoms with van der Waals surface area (Å²) in [4.78, 5) is 28.7. The number of fused-ring (bicyclic) bond motifs is 3. The molecule has 0 saturated carbocycles. The summed E-state index contributed by atoms with van der Waals surface area (Å²) >= 11 is 0. The molecule has 1 amide bonds. The van der Waals surface area contributed by atoms with E-state index in [-0.39, 0.29) is 18.0 Å². The van der Waals surface area contributed by atoms with Gasteiger partial charge in [0.05, 0.1) is 11.5 Å². The fourth-order valence-corrected chi connectivity index (χ4v) is 4.04. The molecule has 2 aromatic rings. The fraction of sp³-hybridized carbons (Fsp3) is 0.529. The summed E-state index contributed by atoms with van der Waals surface area (Å²) in [5, 5.41) is 9.67. The van der Waals surface area contributed by atoms with Crippen molar-refractivity contribution < 1.29 is 4.79 Å².